The van der Waals surface area contributed by atoms with Crippen molar-refractivity contribution in [2.75, 3.05) is 25.0 Å². The second-order valence-corrected chi connectivity index (χ2v) is 9.91. The smallest absolute Gasteiger partial charge is 0.275 e. The van der Waals surface area contributed by atoms with Crippen LogP contribution in [0.1, 0.15) is 55.4 Å². The minimum absolute atomic E-state index is 0.0180. The zero-order chi connectivity index (χ0) is 20.3. The molecule has 3 atom stereocenters. The molecule has 1 aromatic heterocycles. The summed E-state index contributed by atoms with van der Waals surface area (Å²) < 4.78 is 16.8. The van der Waals surface area contributed by atoms with Crippen LogP contribution >= 0.6 is 0 Å². The third-order valence-electron chi connectivity index (χ3n) is 7.87. The van der Waals surface area contributed by atoms with Crippen molar-refractivity contribution in [1.82, 2.24) is 20.4 Å². The molecule has 6 rings (SSSR count). The van der Waals surface area contributed by atoms with Crippen LogP contribution in [-0.4, -0.2) is 58.6 Å². The van der Waals surface area contributed by atoms with Gasteiger partial charge in [0.05, 0.1) is 5.60 Å². The van der Waals surface area contributed by atoms with Crippen molar-refractivity contribution in [3.63, 3.8) is 0 Å². The van der Waals surface area contributed by atoms with E-state index in [9.17, 15) is 9.90 Å². The molecule has 5 fully saturated rings. The summed E-state index contributed by atoms with van der Waals surface area (Å²) in [4.78, 5) is 14.9. The Morgan fingerprint density at radius 2 is 2.07 bits per heavy atom. The Hall–Kier alpha value is -1.67. The summed E-state index contributed by atoms with van der Waals surface area (Å²) >= 11 is 0. The number of aliphatic hydroxyl groups is 1. The van der Waals surface area contributed by atoms with Crippen molar-refractivity contribution >= 4 is 11.7 Å². The molecule has 4 aliphatic carbocycles. The Balaban J connectivity index is 1.33. The molecule has 0 spiro atoms. The van der Waals surface area contributed by atoms with Gasteiger partial charge < -0.3 is 20.6 Å². The van der Waals surface area contributed by atoms with E-state index in [1.807, 2.05) is 11.9 Å². The average Bonchev–Trinajstić information content (AvgIpc) is 2.97. The second kappa shape index (κ2) is 6.94. The minimum atomic E-state index is -0.544. The first-order valence-corrected chi connectivity index (χ1v) is 11.0. The van der Waals surface area contributed by atoms with E-state index in [4.69, 9.17) is 0 Å². The van der Waals surface area contributed by atoms with Crippen LogP contribution in [0.5, 0.6) is 0 Å². The number of halogens is 1. The Kier molecular flexibility index (Phi) is 4.62. The van der Waals surface area contributed by atoms with Crippen molar-refractivity contribution in [2.24, 2.45) is 24.8 Å². The van der Waals surface area contributed by atoms with E-state index in [1.165, 1.54) is 4.68 Å². The van der Waals surface area contributed by atoms with E-state index in [0.717, 1.165) is 58.0 Å². The van der Waals surface area contributed by atoms with Crippen LogP contribution < -0.4 is 15.5 Å². The van der Waals surface area contributed by atoms with Gasteiger partial charge in [0.15, 0.2) is 17.3 Å². The summed E-state index contributed by atoms with van der Waals surface area (Å²) in [6.45, 7) is 1.80. The van der Waals surface area contributed by atoms with E-state index in [-0.39, 0.29) is 29.6 Å². The third-order valence-corrected chi connectivity index (χ3v) is 7.87. The summed E-state index contributed by atoms with van der Waals surface area (Å²) in [6.07, 6.45) is 6.55. The number of amides is 1. The van der Waals surface area contributed by atoms with Crippen molar-refractivity contribution < 1.29 is 14.3 Å². The van der Waals surface area contributed by atoms with Crippen molar-refractivity contribution in [3.8, 4) is 0 Å². The lowest BCUT2D eigenvalue weighted by Gasteiger charge is -2.58. The van der Waals surface area contributed by atoms with Crippen LogP contribution in [-0.2, 0) is 7.05 Å². The Labute approximate surface area is 171 Å². The van der Waals surface area contributed by atoms with E-state index in [0.29, 0.717) is 11.7 Å². The number of nitrogens with one attached hydrogen (secondary N) is 2. The first kappa shape index (κ1) is 19.3. The maximum atomic E-state index is 15.3. The molecule has 1 aliphatic heterocycles. The molecule has 2 unspecified atom stereocenters. The summed E-state index contributed by atoms with van der Waals surface area (Å²) in [5, 5.41) is 21.4. The van der Waals surface area contributed by atoms with Crippen LogP contribution in [0.15, 0.2) is 0 Å². The van der Waals surface area contributed by atoms with Crippen molar-refractivity contribution in [1.29, 1.82) is 0 Å². The maximum absolute atomic E-state index is 15.3. The summed E-state index contributed by atoms with van der Waals surface area (Å²) in [6, 6.07) is 0.208. The summed E-state index contributed by atoms with van der Waals surface area (Å²) in [7, 11) is 3.57. The van der Waals surface area contributed by atoms with E-state index in [2.05, 4.69) is 15.7 Å². The Morgan fingerprint density at radius 1 is 1.34 bits per heavy atom. The van der Waals surface area contributed by atoms with Crippen LogP contribution in [0, 0.1) is 23.6 Å². The fourth-order valence-corrected chi connectivity index (χ4v) is 6.79. The zero-order valence-corrected chi connectivity index (χ0v) is 17.3. The highest BCUT2D eigenvalue weighted by Gasteiger charge is 2.55. The van der Waals surface area contributed by atoms with Gasteiger partial charge in [-0.3, -0.25) is 4.79 Å². The van der Waals surface area contributed by atoms with Crippen LogP contribution in [0.4, 0.5) is 10.2 Å². The molecular formula is C21H32FN5O2. The van der Waals surface area contributed by atoms with Gasteiger partial charge in [-0.25, -0.2) is 9.07 Å². The lowest BCUT2D eigenvalue weighted by Crippen LogP contribution is -2.61. The predicted molar refractivity (Wildman–Crippen MR) is 107 cm³/mol. The summed E-state index contributed by atoms with van der Waals surface area (Å²) in [5.74, 6) is 0.546. The number of nitrogens with zero attached hydrogens (tertiary/aromatic N) is 3. The topological polar surface area (TPSA) is 82.4 Å². The molecule has 4 saturated carbocycles. The first-order valence-electron chi connectivity index (χ1n) is 11.0. The molecule has 1 amide bonds. The number of hydrogen-bond acceptors (Lipinski definition) is 5. The van der Waals surface area contributed by atoms with E-state index >= 15 is 4.39 Å². The average molecular weight is 406 g/mol. The van der Waals surface area contributed by atoms with Gasteiger partial charge in [0, 0.05) is 32.7 Å². The second-order valence-electron chi connectivity index (χ2n) is 9.91. The Bertz CT molecular complexity index is 789. The largest absolute Gasteiger partial charge is 0.390 e. The highest BCUT2D eigenvalue weighted by molar-refractivity contribution is 5.93. The molecule has 3 N–H and O–H groups in total. The molecule has 1 saturated heterocycles. The molecule has 8 heteroatoms. The zero-order valence-electron chi connectivity index (χ0n) is 17.3. The number of anilines is 1. The fraction of sp³-hybridized carbons (Fsp3) is 0.810. The first-order chi connectivity index (χ1) is 13.8. The van der Waals surface area contributed by atoms with Gasteiger partial charge in [-0.15, -0.1) is 0 Å². The molecule has 29 heavy (non-hydrogen) atoms. The number of likely N-dealkylation sites (N-methyl/N-ethyl adjacent to an activating group) is 1. The lowest BCUT2D eigenvalue weighted by molar-refractivity contribution is -0.137. The predicted octanol–water partition coefficient (Wildman–Crippen LogP) is 1.42. The number of carbonyl (C=O) groups is 1. The molecule has 160 valence electrons. The monoisotopic (exact) mass is 405 g/mol. The van der Waals surface area contributed by atoms with Crippen LogP contribution in [0.3, 0.4) is 0 Å². The highest BCUT2D eigenvalue weighted by atomic mass is 19.1. The normalized spacial score (nSPS) is 38.3. The fourth-order valence-electron chi connectivity index (χ4n) is 6.79. The standard InChI is InChI=1S/C21H32FN5O2/c1-26(15-4-3-5-23-11-15)20-16(22)18(25-27(20)2)19(28)24-17-13-6-12-7-14(17)10-21(29,8-12)9-13/h12-15,17,23,29H,3-11H2,1-2H3,(H,24,28)/t12?,13?,14?,15-,17?,21?/m0/s1. The van der Waals surface area contributed by atoms with E-state index in [1.54, 1.807) is 7.05 Å². The van der Waals surface area contributed by atoms with Crippen molar-refractivity contribution in [3.05, 3.63) is 11.5 Å². The molecule has 2 heterocycles. The number of carbonyl (C=O) groups excluding carboxylic acids is 1. The van der Waals surface area contributed by atoms with Crippen molar-refractivity contribution in [2.45, 2.75) is 62.6 Å². The molecule has 4 bridgehead atoms. The van der Waals surface area contributed by atoms with Gasteiger partial charge in [0.25, 0.3) is 5.91 Å². The van der Waals surface area contributed by atoms with Gasteiger partial charge in [-0.05, 0) is 69.2 Å². The van der Waals surface area contributed by atoms with Gasteiger partial charge in [0.2, 0.25) is 0 Å². The molecule has 1 aromatic rings. The number of piperidine rings is 1. The molecule has 5 aliphatic rings. The number of rotatable bonds is 4. The van der Waals surface area contributed by atoms with Gasteiger partial charge in [0.1, 0.15) is 0 Å². The maximum Gasteiger partial charge on any atom is 0.275 e. The molecular weight excluding hydrogens is 373 g/mol. The molecule has 7 nitrogen and oxygen atoms in total. The van der Waals surface area contributed by atoms with E-state index < -0.39 is 17.3 Å². The van der Waals surface area contributed by atoms with Crippen LogP contribution in [0.2, 0.25) is 0 Å². The van der Waals surface area contributed by atoms with Gasteiger partial charge >= 0.3 is 0 Å². The highest BCUT2D eigenvalue weighted by Crippen LogP contribution is 2.55. The number of aromatic nitrogens is 2. The van der Waals surface area contributed by atoms with Gasteiger partial charge in [-0.1, -0.05) is 0 Å². The number of hydrogen-bond donors (Lipinski definition) is 3. The number of aryl methyl sites for hydroxylation is 1. The molecule has 0 radical (unpaired) electrons. The third kappa shape index (κ3) is 3.24. The van der Waals surface area contributed by atoms with Crippen LogP contribution in [0.25, 0.3) is 0 Å². The molecule has 0 aromatic carbocycles. The minimum Gasteiger partial charge on any atom is -0.390 e. The van der Waals surface area contributed by atoms with Gasteiger partial charge in [-0.2, -0.15) is 5.10 Å². The quantitative estimate of drug-likeness (QED) is 0.706. The summed E-state index contributed by atoms with van der Waals surface area (Å²) in [5.41, 5.74) is -0.664. The lowest BCUT2D eigenvalue weighted by atomic mass is 9.52. The Morgan fingerprint density at radius 3 is 2.69 bits per heavy atom. The SMILES string of the molecule is CN(c1c(F)c(C(=O)NC2C3CC4CC2CC(O)(C4)C3)nn1C)[C@H]1CCCNC1.